The van der Waals surface area contributed by atoms with E-state index in [1.54, 1.807) is 38.6 Å². The third kappa shape index (κ3) is 4.68. The molecule has 0 N–H and O–H groups in total. The lowest BCUT2D eigenvalue weighted by Crippen LogP contribution is -2.19. The highest BCUT2D eigenvalue weighted by molar-refractivity contribution is 5.89. The molecule has 0 radical (unpaired) electrons. The standard InChI is InChI=1S/C22H25NO6/c1-14-19(25-2)9-15(10-20(14)26-3)12-23-13-17(24)22(27-4)16-5-6-18-21(11-16)29-8-7-28-18/h5-6,9-12,22H,7-8,13H2,1-4H3. The van der Waals surface area contributed by atoms with Crippen LogP contribution in [-0.4, -0.2) is 53.1 Å². The van der Waals surface area contributed by atoms with Crippen molar-refractivity contribution < 1.29 is 28.5 Å². The number of rotatable bonds is 8. The van der Waals surface area contributed by atoms with Crippen molar-refractivity contribution in [2.75, 3.05) is 41.1 Å². The lowest BCUT2D eigenvalue weighted by atomic mass is 10.0. The van der Waals surface area contributed by atoms with Crippen LogP contribution in [0.2, 0.25) is 0 Å². The molecule has 1 unspecified atom stereocenters. The molecular formula is C22H25NO6. The second-order valence-electron chi connectivity index (χ2n) is 6.51. The molecule has 0 spiro atoms. The van der Waals surface area contributed by atoms with Gasteiger partial charge in [-0.2, -0.15) is 0 Å². The molecule has 0 amide bonds. The molecule has 1 heterocycles. The number of fused-ring (bicyclic) bond motifs is 1. The normalized spacial score (nSPS) is 13.9. The summed E-state index contributed by atoms with van der Waals surface area (Å²) in [5.74, 6) is 2.52. The summed E-state index contributed by atoms with van der Waals surface area (Å²) < 4.78 is 27.3. The SMILES string of the molecule is COc1cc(C=NCC(=O)C(OC)c2ccc3c(c2)OCCO3)cc(OC)c1C. The molecule has 0 fully saturated rings. The fraction of sp³-hybridized carbons (Fsp3) is 0.364. The summed E-state index contributed by atoms with van der Waals surface area (Å²) in [6.07, 6.45) is 0.892. The Morgan fingerprint density at radius 2 is 1.72 bits per heavy atom. The molecule has 1 aliphatic heterocycles. The van der Waals surface area contributed by atoms with E-state index in [0.29, 0.717) is 41.8 Å². The zero-order valence-corrected chi connectivity index (χ0v) is 17.1. The summed E-state index contributed by atoms with van der Waals surface area (Å²) in [6.45, 7) is 2.89. The summed E-state index contributed by atoms with van der Waals surface area (Å²) in [5, 5.41) is 0. The number of nitrogens with zero attached hydrogens (tertiary/aromatic N) is 1. The predicted molar refractivity (Wildman–Crippen MR) is 109 cm³/mol. The largest absolute Gasteiger partial charge is 0.496 e. The van der Waals surface area contributed by atoms with Crippen molar-refractivity contribution in [3.8, 4) is 23.0 Å². The van der Waals surface area contributed by atoms with E-state index in [-0.39, 0.29) is 12.3 Å². The lowest BCUT2D eigenvalue weighted by Gasteiger charge is -2.20. The predicted octanol–water partition coefficient (Wildman–Crippen LogP) is 3.16. The Bertz CT molecular complexity index is 883. The van der Waals surface area contributed by atoms with E-state index < -0.39 is 6.10 Å². The minimum atomic E-state index is -0.731. The fourth-order valence-electron chi connectivity index (χ4n) is 3.18. The lowest BCUT2D eigenvalue weighted by molar-refractivity contribution is -0.127. The summed E-state index contributed by atoms with van der Waals surface area (Å²) in [4.78, 5) is 17.0. The van der Waals surface area contributed by atoms with Crippen LogP contribution >= 0.6 is 0 Å². The Morgan fingerprint density at radius 1 is 1.07 bits per heavy atom. The Labute approximate surface area is 170 Å². The van der Waals surface area contributed by atoms with Crippen LogP contribution in [0.1, 0.15) is 22.8 Å². The molecule has 0 saturated heterocycles. The van der Waals surface area contributed by atoms with E-state index in [1.165, 1.54) is 7.11 Å². The van der Waals surface area contributed by atoms with Crippen LogP contribution in [-0.2, 0) is 9.53 Å². The highest BCUT2D eigenvalue weighted by atomic mass is 16.6. The molecule has 1 aliphatic rings. The third-order valence-electron chi connectivity index (χ3n) is 4.66. The monoisotopic (exact) mass is 399 g/mol. The molecule has 0 aromatic heterocycles. The van der Waals surface area contributed by atoms with Crippen molar-refractivity contribution in [3.05, 3.63) is 47.0 Å². The van der Waals surface area contributed by atoms with Crippen molar-refractivity contribution in [2.45, 2.75) is 13.0 Å². The van der Waals surface area contributed by atoms with Crippen LogP contribution in [0.25, 0.3) is 0 Å². The van der Waals surface area contributed by atoms with Gasteiger partial charge in [-0.15, -0.1) is 0 Å². The summed E-state index contributed by atoms with van der Waals surface area (Å²) in [5.41, 5.74) is 2.39. The summed E-state index contributed by atoms with van der Waals surface area (Å²) in [6, 6.07) is 9.07. The molecule has 1 atom stereocenters. The number of benzene rings is 2. The van der Waals surface area contributed by atoms with E-state index in [2.05, 4.69) is 4.99 Å². The van der Waals surface area contributed by atoms with Gasteiger partial charge in [0.05, 0.1) is 14.2 Å². The Hall–Kier alpha value is -3.06. The number of ether oxygens (including phenoxy) is 5. The number of ketones is 1. The van der Waals surface area contributed by atoms with Crippen LogP contribution in [0.3, 0.4) is 0 Å². The average Bonchev–Trinajstić information content (AvgIpc) is 2.75. The molecule has 0 bridgehead atoms. The summed E-state index contributed by atoms with van der Waals surface area (Å²) >= 11 is 0. The zero-order valence-electron chi connectivity index (χ0n) is 17.1. The van der Waals surface area contributed by atoms with Gasteiger partial charge in [-0.05, 0) is 42.3 Å². The van der Waals surface area contributed by atoms with Gasteiger partial charge in [-0.1, -0.05) is 6.07 Å². The van der Waals surface area contributed by atoms with E-state index in [9.17, 15) is 4.79 Å². The van der Waals surface area contributed by atoms with E-state index in [1.807, 2.05) is 19.1 Å². The van der Waals surface area contributed by atoms with Gasteiger partial charge in [0.1, 0.15) is 37.4 Å². The van der Waals surface area contributed by atoms with Gasteiger partial charge in [0, 0.05) is 18.9 Å². The number of carbonyl (C=O) groups excluding carboxylic acids is 1. The van der Waals surface area contributed by atoms with Gasteiger partial charge in [-0.3, -0.25) is 9.79 Å². The number of hydrogen-bond acceptors (Lipinski definition) is 7. The van der Waals surface area contributed by atoms with Gasteiger partial charge >= 0.3 is 0 Å². The maximum absolute atomic E-state index is 12.7. The van der Waals surface area contributed by atoms with Crippen LogP contribution < -0.4 is 18.9 Å². The molecule has 3 rings (SSSR count). The van der Waals surface area contributed by atoms with Crippen LogP contribution in [0, 0.1) is 6.92 Å². The van der Waals surface area contributed by atoms with Gasteiger partial charge in [-0.25, -0.2) is 0 Å². The van der Waals surface area contributed by atoms with E-state index in [4.69, 9.17) is 23.7 Å². The molecular weight excluding hydrogens is 374 g/mol. The van der Waals surface area contributed by atoms with Crippen LogP contribution in [0.4, 0.5) is 0 Å². The van der Waals surface area contributed by atoms with Crippen LogP contribution in [0.15, 0.2) is 35.3 Å². The molecule has 0 aliphatic carbocycles. The highest BCUT2D eigenvalue weighted by Crippen LogP contribution is 2.33. The first-order valence-electron chi connectivity index (χ1n) is 9.25. The number of aliphatic imine (C=N–C) groups is 1. The van der Waals surface area contributed by atoms with Gasteiger partial charge in [0.25, 0.3) is 0 Å². The van der Waals surface area contributed by atoms with Gasteiger partial charge in [0.2, 0.25) is 0 Å². The molecule has 2 aromatic carbocycles. The summed E-state index contributed by atoms with van der Waals surface area (Å²) in [7, 11) is 4.70. The van der Waals surface area contributed by atoms with Crippen molar-refractivity contribution in [2.24, 2.45) is 4.99 Å². The number of methoxy groups -OCH3 is 3. The van der Waals surface area contributed by atoms with Crippen molar-refractivity contribution in [1.82, 2.24) is 0 Å². The Morgan fingerprint density at radius 3 is 2.34 bits per heavy atom. The minimum Gasteiger partial charge on any atom is -0.496 e. The number of hydrogen-bond donors (Lipinski definition) is 0. The van der Waals surface area contributed by atoms with Crippen LogP contribution in [0.5, 0.6) is 23.0 Å². The molecule has 7 heteroatoms. The second kappa shape index (κ2) is 9.43. The molecule has 2 aromatic rings. The number of Topliss-reactive ketones (excluding diaryl/α,β-unsaturated/α-hetero) is 1. The van der Waals surface area contributed by atoms with E-state index in [0.717, 1.165) is 11.1 Å². The first-order valence-corrected chi connectivity index (χ1v) is 9.25. The highest BCUT2D eigenvalue weighted by Gasteiger charge is 2.22. The molecule has 7 nitrogen and oxygen atoms in total. The smallest absolute Gasteiger partial charge is 0.187 e. The Balaban J connectivity index is 1.72. The molecule has 29 heavy (non-hydrogen) atoms. The van der Waals surface area contributed by atoms with Crippen molar-refractivity contribution in [3.63, 3.8) is 0 Å². The quantitative estimate of drug-likeness (QED) is 0.635. The van der Waals surface area contributed by atoms with Gasteiger partial charge in [0.15, 0.2) is 17.3 Å². The fourth-order valence-corrected chi connectivity index (χ4v) is 3.18. The maximum atomic E-state index is 12.7. The molecule has 154 valence electrons. The topological polar surface area (TPSA) is 75.6 Å². The minimum absolute atomic E-state index is 0.0224. The first-order chi connectivity index (χ1) is 14.1. The second-order valence-corrected chi connectivity index (χ2v) is 6.51. The molecule has 0 saturated carbocycles. The average molecular weight is 399 g/mol. The third-order valence-corrected chi connectivity index (χ3v) is 4.66. The first kappa shape index (κ1) is 20.7. The Kier molecular flexibility index (Phi) is 6.72. The van der Waals surface area contributed by atoms with Crippen molar-refractivity contribution >= 4 is 12.0 Å². The van der Waals surface area contributed by atoms with Gasteiger partial charge < -0.3 is 23.7 Å². The zero-order chi connectivity index (χ0) is 20.8. The van der Waals surface area contributed by atoms with E-state index >= 15 is 0 Å². The number of carbonyl (C=O) groups is 1. The van der Waals surface area contributed by atoms with Crippen molar-refractivity contribution in [1.29, 1.82) is 0 Å². The maximum Gasteiger partial charge on any atom is 0.187 e.